The van der Waals surface area contributed by atoms with E-state index in [1.807, 2.05) is 0 Å². The van der Waals surface area contributed by atoms with E-state index in [0.29, 0.717) is 18.4 Å². The molecule has 4 aliphatic carbocycles. The van der Waals surface area contributed by atoms with Crippen molar-refractivity contribution >= 4 is 19.4 Å². The van der Waals surface area contributed by atoms with Crippen LogP contribution in [0.3, 0.4) is 0 Å². The molecule has 178 valence electrons. The number of Topliss-reactive ketones (excluding diaryl/α,β-unsaturated/α-hetero) is 1. The largest absolute Gasteiger partial charge is 1.00 e. The number of halogens is 1. The van der Waals surface area contributed by atoms with Gasteiger partial charge in [0.2, 0.25) is 0 Å². The maximum atomic E-state index is 17.0. The van der Waals surface area contributed by atoms with Crippen LogP contribution < -0.4 is 69.1 Å². The van der Waals surface area contributed by atoms with Crippen LogP contribution in [0.1, 0.15) is 46.5 Å². The number of ketones is 2. The van der Waals surface area contributed by atoms with Crippen LogP contribution in [0.25, 0.3) is 0 Å². The van der Waals surface area contributed by atoms with Crippen LogP contribution in [0, 0.1) is 28.6 Å². The Bertz CT molecular complexity index is 984. The van der Waals surface area contributed by atoms with E-state index in [4.69, 9.17) is 4.89 Å². The first kappa shape index (κ1) is 31.0. The molecule has 34 heavy (non-hydrogen) atoms. The number of carbonyl (C=O) groups excluding carboxylic acids is 2. The summed E-state index contributed by atoms with van der Waals surface area (Å²) in [6, 6.07) is 0. The number of alkyl halides is 1. The molecule has 3 fully saturated rings. The monoisotopic (exact) mass is 516 g/mol. The van der Waals surface area contributed by atoms with E-state index in [0.717, 1.165) is 0 Å². The number of fused-ring (bicyclic) bond motifs is 5. The van der Waals surface area contributed by atoms with Gasteiger partial charge in [0.25, 0.3) is 7.82 Å². The minimum absolute atomic E-state index is 0. The quantitative estimate of drug-likeness (QED) is 0.279. The summed E-state index contributed by atoms with van der Waals surface area (Å²) in [5, 5.41) is 25.2. The molecular weight excluding hydrogens is 488 g/mol. The molecule has 0 heterocycles. The van der Waals surface area contributed by atoms with Gasteiger partial charge in [0.1, 0.15) is 12.4 Å². The van der Waals surface area contributed by atoms with Gasteiger partial charge in [-0.05, 0) is 67.6 Å². The molecule has 1 unspecified atom stereocenters. The van der Waals surface area contributed by atoms with Crippen LogP contribution in [0.15, 0.2) is 23.8 Å². The van der Waals surface area contributed by atoms with Gasteiger partial charge in [-0.1, -0.05) is 25.5 Å². The summed E-state index contributed by atoms with van der Waals surface area (Å²) in [7, 11) is -5.21. The van der Waals surface area contributed by atoms with E-state index < -0.39 is 66.2 Å². The number of allylic oxidation sites excluding steroid dienone is 4. The summed E-state index contributed by atoms with van der Waals surface area (Å²) in [5.74, 6) is -3.30. The molecule has 12 heteroatoms. The van der Waals surface area contributed by atoms with Gasteiger partial charge >= 0.3 is 59.1 Å². The van der Waals surface area contributed by atoms with Crippen LogP contribution in [-0.2, 0) is 18.7 Å². The van der Waals surface area contributed by atoms with Gasteiger partial charge in [-0.2, -0.15) is 0 Å². The summed E-state index contributed by atoms with van der Waals surface area (Å²) >= 11 is 0. The Morgan fingerprint density at radius 2 is 1.94 bits per heavy atom. The van der Waals surface area contributed by atoms with Crippen LogP contribution in [0.5, 0.6) is 0 Å². The first-order valence-corrected chi connectivity index (χ1v) is 12.3. The fourth-order valence-corrected chi connectivity index (χ4v) is 7.65. The van der Waals surface area contributed by atoms with Crippen molar-refractivity contribution in [2.75, 3.05) is 6.61 Å². The van der Waals surface area contributed by atoms with Crippen molar-refractivity contribution in [1.29, 1.82) is 0 Å². The third-order valence-corrected chi connectivity index (χ3v) is 9.41. The molecule has 9 atom stereocenters. The average Bonchev–Trinajstić information content (AvgIpc) is 2.89. The second-order valence-electron chi connectivity index (χ2n) is 10.3. The molecule has 0 radical (unpaired) electrons. The zero-order chi connectivity index (χ0) is 23.9. The van der Waals surface area contributed by atoms with Crippen molar-refractivity contribution in [3.63, 3.8) is 0 Å². The number of phosphoric ester groups is 1. The van der Waals surface area contributed by atoms with Crippen LogP contribution in [0.2, 0.25) is 0 Å². The van der Waals surface area contributed by atoms with Crippen molar-refractivity contribution in [1.82, 2.24) is 0 Å². The number of aliphatic hydroxyl groups excluding tert-OH is 1. The van der Waals surface area contributed by atoms with E-state index in [9.17, 15) is 29.3 Å². The zero-order valence-electron chi connectivity index (χ0n) is 20.2. The Morgan fingerprint density at radius 1 is 1.32 bits per heavy atom. The molecule has 0 aromatic rings. The van der Waals surface area contributed by atoms with Crippen molar-refractivity contribution in [2.24, 2.45) is 28.6 Å². The van der Waals surface area contributed by atoms with E-state index in [1.54, 1.807) is 20.8 Å². The Hall–Kier alpha value is 0.780. The maximum absolute atomic E-state index is 17.0. The average molecular weight is 516 g/mol. The van der Waals surface area contributed by atoms with Crippen molar-refractivity contribution in [3.05, 3.63) is 23.8 Å². The molecule has 0 aliphatic heterocycles. The van der Waals surface area contributed by atoms with Gasteiger partial charge < -0.3 is 24.5 Å². The van der Waals surface area contributed by atoms with E-state index in [1.165, 1.54) is 18.2 Å². The van der Waals surface area contributed by atoms with Crippen molar-refractivity contribution in [2.45, 2.75) is 63.8 Å². The van der Waals surface area contributed by atoms with Crippen molar-refractivity contribution < 1.29 is 102 Å². The first-order valence-electron chi connectivity index (χ1n) is 10.8. The van der Waals surface area contributed by atoms with E-state index in [2.05, 4.69) is 4.52 Å². The predicted molar refractivity (Wildman–Crippen MR) is 106 cm³/mol. The van der Waals surface area contributed by atoms with Gasteiger partial charge in [-0.15, -0.1) is 0 Å². The topological polar surface area (TPSA) is 147 Å². The molecule has 0 amide bonds. The van der Waals surface area contributed by atoms with Gasteiger partial charge in [0, 0.05) is 11.3 Å². The molecule has 0 aromatic carbocycles. The number of hydrogen-bond donors (Lipinski definition) is 2. The van der Waals surface area contributed by atoms with E-state index in [-0.39, 0.29) is 77.7 Å². The maximum Gasteiger partial charge on any atom is 1.00 e. The molecule has 2 N–H and O–H groups in total. The predicted octanol–water partition coefficient (Wildman–Crippen LogP) is -5.24. The van der Waals surface area contributed by atoms with Gasteiger partial charge in [0.15, 0.2) is 11.5 Å². The SMILES string of the molecule is C[C@H]1C[C@H]2[C@@H]3CCC4=CC(=O)C=C[C@]4(C)[C@@]3(F)[C@@H](O)C[C@]2(C)[C@@]1([O-])C(=O)COP(=O)([O-])O.[Na+].[Na+]. The fraction of sp³-hybridized carbons (Fsp3) is 0.727. The molecule has 0 spiro atoms. The normalized spacial score (nSPS) is 46.6. The van der Waals surface area contributed by atoms with Crippen LogP contribution in [-0.4, -0.2) is 45.5 Å². The second-order valence-corrected chi connectivity index (χ2v) is 11.5. The number of aliphatic hydroxyl groups is 1. The Kier molecular flexibility index (Phi) is 8.96. The number of phosphoric acid groups is 1. The number of rotatable bonds is 4. The summed E-state index contributed by atoms with van der Waals surface area (Å²) < 4.78 is 32.1. The molecule has 4 rings (SSSR count). The zero-order valence-corrected chi connectivity index (χ0v) is 25.1. The first-order chi connectivity index (χ1) is 14.6. The molecule has 8 nitrogen and oxygen atoms in total. The molecule has 0 bridgehead atoms. The number of hydrogen-bond acceptors (Lipinski definition) is 7. The molecule has 0 aromatic heterocycles. The summed E-state index contributed by atoms with van der Waals surface area (Å²) in [6.07, 6.45) is 3.36. The second kappa shape index (κ2) is 9.83. The number of carbonyl (C=O) groups is 2. The third-order valence-electron chi connectivity index (χ3n) is 8.95. The van der Waals surface area contributed by atoms with Crippen LogP contribution in [0.4, 0.5) is 4.39 Å². The van der Waals surface area contributed by atoms with Gasteiger partial charge in [-0.25, -0.2) is 4.39 Å². The summed E-state index contributed by atoms with van der Waals surface area (Å²) in [5.41, 5.74) is -6.38. The Balaban J connectivity index is 0.00000204. The van der Waals surface area contributed by atoms with E-state index >= 15 is 4.39 Å². The Morgan fingerprint density at radius 3 is 2.53 bits per heavy atom. The molecule has 3 saturated carbocycles. The third kappa shape index (κ3) is 4.20. The minimum atomic E-state index is -5.21. The molecule has 0 saturated heterocycles. The minimum Gasteiger partial charge on any atom is -0.843 e. The fourth-order valence-electron chi connectivity index (χ4n) is 7.37. The summed E-state index contributed by atoms with van der Waals surface area (Å²) in [4.78, 5) is 44.6. The van der Waals surface area contributed by atoms with Crippen molar-refractivity contribution in [3.8, 4) is 0 Å². The van der Waals surface area contributed by atoms with Gasteiger partial charge in [-0.3, -0.25) is 14.2 Å². The standard InChI is InChI=1S/C22H29FO8P.2Na/c1-12-8-16-15-5-4-13-9-14(24)6-7-19(13,2)21(15,23)17(25)10-20(16,3)22(12,27)18(26)11-31-32(28,29)30;;/h6-7,9,12,15-17,25H,4-5,8,10-11H2,1-3H3,(H2,28,29,30);;/q-1;2*+1/p-1/t12-,15-,16-,17-,19-,20-,21-,22-;;/m0../s1. The molecular formula is C22H28FNa2O8P. The summed E-state index contributed by atoms with van der Waals surface area (Å²) in [6.45, 7) is 3.70. The Labute approximate surface area is 242 Å². The van der Waals surface area contributed by atoms with Gasteiger partial charge in [0.05, 0.1) is 6.10 Å². The smallest absolute Gasteiger partial charge is 0.843 e. The molecule has 4 aliphatic rings. The van der Waals surface area contributed by atoms with Crippen LogP contribution >= 0.6 is 7.82 Å².